The molecule has 0 N–H and O–H groups in total. The van der Waals surface area contributed by atoms with Crippen molar-refractivity contribution in [2.45, 2.75) is 38.7 Å². The van der Waals surface area contributed by atoms with Crippen LogP contribution in [0.2, 0.25) is 0 Å². The molecule has 0 aromatic carbocycles. The third kappa shape index (κ3) is 3.06. The number of aldehydes is 1. The molecule has 1 aliphatic rings. The van der Waals surface area contributed by atoms with Gasteiger partial charge in [0, 0.05) is 59.4 Å². The van der Waals surface area contributed by atoms with E-state index in [1.807, 2.05) is 36.6 Å². The molecule has 1 saturated heterocycles. The molecule has 0 aliphatic carbocycles. The Morgan fingerprint density at radius 1 is 1.30 bits per heavy atom. The molecule has 3 rings (SSSR count). The first-order valence-electron chi connectivity index (χ1n) is 7.70. The second kappa shape index (κ2) is 5.98. The average Bonchev–Trinajstić information content (AvgIpc) is 2.85. The molecule has 0 amide bonds. The lowest BCUT2D eigenvalue weighted by atomic mass is 9.99. The summed E-state index contributed by atoms with van der Waals surface area (Å²) in [6.07, 6.45) is 2.60. The molecule has 1 unspecified atom stereocenters. The van der Waals surface area contributed by atoms with Gasteiger partial charge in [-0.15, -0.1) is 0 Å². The van der Waals surface area contributed by atoms with E-state index in [1.165, 1.54) is 0 Å². The second-order valence-electron chi connectivity index (χ2n) is 6.25. The van der Waals surface area contributed by atoms with Gasteiger partial charge in [0.1, 0.15) is 6.29 Å². The van der Waals surface area contributed by atoms with Crippen LogP contribution in [0.15, 0.2) is 22.8 Å². The summed E-state index contributed by atoms with van der Waals surface area (Å²) in [7, 11) is 0. The Labute approximate surface area is 142 Å². The number of likely N-dealkylation sites (tertiary alicyclic amines) is 1. The topological polar surface area (TPSA) is 24.7 Å². The van der Waals surface area contributed by atoms with Crippen LogP contribution < -0.4 is 0 Å². The Bertz CT molecular complexity index is 747. The molecule has 1 fully saturated rings. The summed E-state index contributed by atoms with van der Waals surface area (Å²) in [6, 6.07) is 3.77. The maximum absolute atomic E-state index is 13.4. The smallest absolute Gasteiger partial charge is 0.250 e. The van der Waals surface area contributed by atoms with Gasteiger partial charge in [0.25, 0.3) is 5.92 Å². The van der Waals surface area contributed by atoms with Crippen molar-refractivity contribution < 1.29 is 13.6 Å². The fourth-order valence-electron chi connectivity index (χ4n) is 3.41. The van der Waals surface area contributed by atoms with Gasteiger partial charge in [-0.05, 0) is 47.5 Å². The summed E-state index contributed by atoms with van der Waals surface area (Å²) >= 11 is 3.47. The highest BCUT2D eigenvalue weighted by Gasteiger charge is 2.36. The van der Waals surface area contributed by atoms with Gasteiger partial charge in [-0.25, -0.2) is 8.78 Å². The summed E-state index contributed by atoms with van der Waals surface area (Å²) in [5.41, 5.74) is 3.46. The number of halogens is 3. The summed E-state index contributed by atoms with van der Waals surface area (Å²) in [6.45, 7) is 4.67. The first-order valence-corrected chi connectivity index (χ1v) is 8.50. The molecule has 3 nitrogen and oxygen atoms in total. The molecule has 23 heavy (non-hydrogen) atoms. The molecule has 1 aliphatic heterocycles. The highest BCUT2D eigenvalue weighted by atomic mass is 79.9. The minimum atomic E-state index is -2.55. The minimum Gasteiger partial charge on any atom is -0.318 e. The van der Waals surface area contributed by atoms with Gasteiger partial charge in [0.2, 0.25) is 0 Å². The average molecular weight is 385 g/mol. The van der Waals surface area contributed by atoms with Crippen LogP contribution in [-0.4, -0.2) is 34.6 Å². The molecule has 1 atom stereocenters. The van der Waals surface area contributed by atoms with Crippen molar-refractivity contribution in [1.29, 1.82) is 0 Å². The summed E-state index contributed by atoms with van der Waals surface area (Å²) in [4.78, 5) is 13.5. The Kier molecular flexibility index (Phi) is 4.31. The van der Waals surface area contributed by atoms with Crippen LogP contribution in [0, 0.1) is 6.92 Å². The molecule has 0 saturated carbocycles. The number of nitrogens with zero attached hydrogens (tertiary/aromatic N) is 2. The van der Waals surface area contributed by atoms with Crippen molar-refractivity contribution in [3.63, 3.8) is 0 Å². The number of aromatic nitrogens is 1. The highest BCUT2D eigenvalue weighted by Crippen LogP contribution is 2.34. The maximum atomic E-state index is 13.4. The predicted molar refractivity (Wildman–Crippen MR) is 89.4 cm³/mol. The molecule has 0 spiro atoms. The fraction of sp³-hybridized carbons (Fsp3) is 0.471. The van der Waals surface area contributed by atoms with Crippen molar-refractivity contribution in [1.82, 2.24) is 9.30 Å². The van der Waals surface area contributed by atoms with Gasteiger partial charge in [-0.3, -0.25) is 9.69 Å². The number of rotatable bonds is 3. The van der Waals surface area contributed by atoms with E-state index >= 15 is 0 Å². The number of piperidine rings is 1. The lowest BCUT2D eigenvalue weighted by Gasteiger charge is -2.36. The van der Waals surface area contributed by atoms with Gasteiger partial charge in [0.15, 0.2) is 0 Å². The zero-order valence-electron chi connectivity index (χ0n) is 13.2. The predicted octanol–water partition coefficient (Wildman–Crippen LogP) is 4.61. The van der Waals surface area contributed by atoms with Gasteiger partial charge < -0.3 is 4.40 Å². The number of fused-ring (bicyclic) bond motifs is 1. The number of alkyl halides is 2. The van der Waals surface area contributed by atoms with Crippen LogP contribution >= 0.6 is 15.9 Å². The van der Waals surface area contributed by atoms with Crippen LogP contribution in [0.25, 0.3) is 5.52 Å². The Balaban J connectivity index is 2.04. The molecular weight excluding hydrogens is 366 g/mol. The van der Waals surface area contributed by atoms with Crippen LogP contribution in [0.3, 0.4) is 0 Å². The summed E-state index contributed by atoms with van der Waals surface area (Å²) in [5, 5.41) is 0. The van der Waals surface area contributed by atoms with E-state index in [-0.39, 0.29) is 18.9 Å². The van der Waals surface area contributed by atoms with Crippen LogP contribution in [0.1, 0.15) is 47.4 Å². The third-order valence-electron chi connectivity index (χ3n) is 4.80. The molecule has 2 aromatic rings. The van der Waals surface area contributed by atoms with Crippen molar-refractivity contribution in [2.24, 2.45) is 0 Å². The highest BCUT2D eigenvalue weighted by molar-refractivity contribution is 9.10. The minimum absolute atomic E-state index is 0.0344. The van der Waals surface area contributed by atoms with Crippen molar-refractivity contribution in [3.8, 4) is 0 Å². The zero-order valence-corrected chi connectivity index (χ0v) is 14.7. The van der Waals surface area contributed by atoms with Crippen molar-refractivity contribution >= 4 is 27.7 Å². The summed E-state index contributed by atoms with van der Waals surface area (Å²) in [5.74, 6) is -2.55. The molecule has 0 bridgehead atoms. The first kappa shape index (κ1) is 16.6. The second-order valence-corrected chi connectivity index (χ2v) is 7.16. The van der Waals surface area contributed by atoms with E-state index in [1.54, 1.807) is 0 Å². The maximum Gasteiger partial charge on any atom is 0.250 e. The van der Waals surface area contributed by atoms with E-state index in [0.29, 0.717) is 18.7 Å². The number of hydrogen-bond acceptors (Lipinski definition) is 2. The number of carbonyl (C=O) groups excluding carboxylic acids is 1. The molecule has 3 heterocycles. The van der Waals surface area contributed by atoms with E-state index in [4.69, 9.17) is 0 Å². The third-order valence-corrected chi connectivity index (χ3v) is 5.23. The molecule has 124 valence electrons. The van der Waals surface area contributed by atoms with Crippen molar-refractivity contribution in [3.05, 3.63) is 39.6 Å². The lowest BCUT2D eigenvalue weighted by molar-refractivity contribution is -0.0624. The van der Waals surface area contributed by atoms with Gasteiger partial charge in [-0.1, -0.05) is 0 Å². The molecule has 0 radical (unpaired) electrons. The Morgan fingerprint density at radius 3 is 2.57 bits per heavy atom. The van der Waals surface area contributed by atoms with Crippen LogP contribution in [0.5, 0.6) is 0 Å². The Morgan fingerprint density at radius 2 is 1.96 bits per heavy atom. The van der Waals surface area contributed by atoms with E-state index < -0.39 is 5.92 Å². The summed E-state index contributed by atoms with van der Waals surface area (Å²) < 4.78 is 29.8. The zero-order chi connectivity index (χ0) is 16.8. The van der Waals surface area contributed by atoms with E-state index in [9.17, 15) is 13.6 Å². The monoisotopic (exact) mass is 384 g/mol. The first-order chi connectivity index (χ1) is 10.8. The van der Waals surface area contributed by atoms with Crippen LogP contribution in [-0.2, 0) is 0 Å². The molecule has 6 heteroatoms. The Hall–Kier alpha value is -1.27. The van der Waals surface area contributed by atoms with Crippen LogP contribution in [0.4, 0.5) is 8.78 Å². The lowest BCUT2D eigenvalue weighted by Crippen LogP contribution is -2.41. The number of carbonyl (C=O) groups is 1. The van der Waals surface area contributed by atoms with Gasteiger partial charge in [0.05, 0.1) is 0 Å². The van der Waals surface area contributed by atoms with E-state index in [2.05, 4.69) is 20.8 Å². The quantitative estimate of drug-likeness (QED) is 0.721. The largest absolute Gasteiger partial charge is 0.318 e. The SMILES string of the molecule is Cc1c(C=O)cc2cc(Br)cn2c1C(C)N1CCC(F)(F)CC1. The van der Waals surface area contributed by atoms with Gasteiger partial charge >= 0.3 is 0 Å². The normalized spacial score (nSPS) is 19.9. The number of pyridine rings is 1. The fourth-order valence-corrected chi connectivity index (χ4v) is 3.85. The standard InChI is InChI=1S/C17H19BrF2N2O/c1-11-13(10-23)7-15-8-14(18)9-22(15)16(11)12(2)21-5-3-17(19,20)4-6-21/h7-10,12H,3-6H2,1-2H3. The van der Waals surface area contributed by atoms with Gasteiger partial charge in [-0.2, -0.15) is 0 Å². The van der Waals surface area contributed by atoms with E-state index in [0.717, 1.165) is 27.5 Å². The molecular formula is C17H19BrF2N2O. The number of hydrogen-bond donors (Lipinski definition) is 0. The van der Waals surface area contributed by atoms with Crippen molar-refractivity contribution in [2.75, 3.05) is 13.1 Å². The molecule has 2 aromatic heterocycles.